The van der Waals surface area contributed by atoms with Crippen LogP contribution in [0.25, 0.3) is 5.95 Å². The number of ether oxygens (including phenoxy) is 1. The average molecular weight is 290 g/mol. The molecule has 0 spiro atoms. The lowest BCUT2D eigenvalue weighted by Crippen LogP contribution is -2.33. The van der Waals surface area contributed by atoms with Crippen LogP contribution in [0.4, 0.5) is 11.9 Å². The van der Waals surface area contributed by atoms with Crippen LogP contribution in [0.3, 0.4) is 0 Å². The van der Waals surface area contributed by atoms with Crippen LogP contribution in [0.1, 0.15) is 19.8 Å². The zero-order chi connectivity index (χ0) is 14.7. The fourth-order valence-electron chi connectivity index (χ4n) is 2.24. The van der Waals surface area contributed by atoms with Gasteiger partial charge in [0.05, 0.1) is 5.60 Å². The van der Waals surface area contributed by atoms with Crippen LogP contribution in [-0.2, 0) is 4.74 Å². The lowest BCUT2D eigenvalue weighted by molar-refractivity contribution is 0.0314. The summed E-state index contributed by atoms with van der Waals surface area (Å²) >= 11 is 0. The maximum atomic E-state index is 5.73. The van der Waals surface area contributed by atoms with Crippen molar-refractivity contribution in [1.29, 1.82) is 0 Å². The highest BCUT2D eigenvalue weighted by atomic mass is 16.5. The molecular weight excluding hydrogens is 272 g/mol. The highest BCUT2D eigenvalue weighted by Crippen LogP contribution is 2.25. The van der Waals surface area contributed by atoms with Gasteiger partial charge >= 0.3 is 0 Å². The molecule has 9 nitrogen and oxygen atoms in total. The van der Waals surface area contributed by atoms with Crippen molar-refractivity contribution in [2.24, 2.45) is 5.84 Å². The first-order valence-corrected chi connectivity index (χ1v) is 6.77. The third-order valence-corrected chi connectivity index (χ3v) is 3.41. The number of nitrogens with one attached hydrogen (secondary N) is 2. The molecule has 3 heterocycles. The summed E-state index contributed by atoms with van der Waals surface area (Å²) in [5.41, 5.74) is 2.26. The molecule has 1 aliphatic rings. The summed E-state index contributed by atoms with van der Waals surface area (Å²) in [6.45, 7) is 3.50. The Labute approximate surface area is 121 Å². The zero-order valence-corrected chi connectivity index (χ0v) is 11.8. The summed E-state index contributed by atoms with van der Waals surface area (Å²) in [6, 6.07) is 0. The zero-order valence-electron chi connectivity index (χ0n) is 11.8. The largest absolute Gasteiger partial charge is 0.373 e. The minimum atomic E-state index is -0.182. The van der Waals surface area contributed by atoms with Crippen molar-refractivity contribution in [1.82, 2.24) is 24.5 Å². The lowest BCUT2D eigenvalue weighted by Gasteiger charge is -2.23. The molecule has 3 rings (SSSR count). The molecule has 0 aromatic carbocycles. The number of hydrogen-bond acceptors (Lipinski definition) is 8. The molecule has 0 aliphatic carbocycles. The van der Waals surface area contributed by atoms with Gasteiger partial charge < -0.3 is 10.1 Å². The third-order valence-electron chi connectivity index (χ3n) is 3.41. The second kappa shape index (κ2) is 5.62. The maximum absolute atomic E-state index is 5.73. The van der Waals surface area contributed by atoms with Crippen LogP contribution >= 0.6 is 0 Å². The highest BCUT2D eigenvalue weighted by molar-refractivity contribution is 5.37. The molecule has 1 aliphatic heterocycles. The number of hydrazine groups is 1. The minimum absolute atomic E-state index is 0.182. The molecule has 2 aromatic heterocycles. The van der Waals surface area contributed by atoms with E-state index in [-0.39, 0.29) is 11.5 Å². The number of rotatable bonds is 5. The summed E-state index contributed by atoms with van der Waals surface area (Å²) in [6.07, 6.45) is 7.11. The Morgan fingerprint density at radius 2 is 2.24 bits per heavy atom. The van der Waals surface area contributed by atoms with Crippen LogP contribution in [0.2, 0.25) is 0 Å². The normalized spacial score (nSPS) is 21.4. The van der Waals surface area contributed by atoms with Gasteiger partial charge in [-0.05, 0) is 19.8 Å². The number of imidazole rings is 1. The first-order chi connectivity index (χ1) is 10.2. The van der Waals surface area contributed by atoms with E-state index in [0.717, 1.165) is 19.4 Å². The molecule has 1 saturated heterocycles. The van der Waals surface area contributed by atoms with Gasteiger partial charge in [0.2, 0.25) is 17.8 Å². The predicted molar refractivity (Wildman–Crippen MR) is 76.8 cm³/mol. The first-order valence-electron chi connectivity index (χ1n) is 6.77. The van der Waals surface area contributed by atoms with Gasteiger partial charge in [-0.2, -0.15) is 15.0 Å². The summed E-state index contributed by atoms with van der Waals surface area (Å²) in [7, 11) is 0. The van der Waals surface area contributed by atoms with Crippen LogP contribution in [0.5, 0.6) is 0 Å². The van der Waals surface area contributed by atoms with E-state index in [4.69, 9.17) is 10.6 Å². The van der Waals surface area contributed by atoms with Gasteiger partial charge in [0.1, 0.15) is 6.33 Å². The van der Waals surface area contributed by atoms with Gasteiger partial charge in [-0.25, -0.2) is 10.8 Å². The quantitative estimate of drug-likeness (QED) is 0.532. The van der Waals surface area contributed by atoms with E-state index in [1.807, 2.05) is 0 Å². The van der Waals surface area contributed by atoms with Crippen molar-refractivity contribution >= 4 is 11.9 Å². The van der Waals surface area contributed by atoms with E-state index in [1.54, 1.807) is 23.3 Å². The predicted octanol–water partition coefficient (Wildman–Crippen LogP) is 0.324. The Kier molecular flexibility index (Phi) is 3.67. The Hall–Kier alpha value is -2.26. The summed E-state index contributed by atoms with van der Waals surface area (Å²) < 4.78 is 7.41. The molecule has 1 unspecified atom stereocenters. The molecule has 112 valence electrons. The Morgan fingerprint density at radius 1 is 1.38 bits per heavy atom. The van der Waals surface area contributed by atoms with Gasteiger partial charge in [-0.15, -0.1) is 0 Å². The van der Waals surface area contributed by atoms with Gasteiger partial charge in [0, 0.05) is 25.5 Å². The fourth-order valence-corrected chi connectivity index (χ4v) is 2.24. The SMILES string of the molecule is CC1(CNc2nc(NN)nc(-n3ccnc3)n2)CCCO1. The van der Waals surface area contributed by atoms with E-state index < -0.39 is 0 Å². The molecule has 0 radical (unpaired) electrons. The molecule has 21 heavy (non-hydrogen) atoms. The van der Waals surface area contributed by atoms with Crippen LogP contribution in [0.15, 0.2) is 18.7 Å². The van der Waals surface area contributed by atoms with Gasteiger partial charge in [-0.3, -0.25) is 9.99 Å². The molecule has 0 bridgehead atoms. The molecule has 0 amide bonds. The molecule has 9 heteroatoms. The topological polar surface area (TPSA) is 116 Å². The Bertz CT molecular complexity index is 593. The first kappa shape index (κ1) is 13.7. The van der Waals surface area contributed by atoms with E-state index in [9.17, 15) is 0 Å². The van der Waals surface area contributed by atoms with Crippen molar-refractivity contribution in [2.75, 3.05) is 23.9 Å². The van der Waals surface area contributed by atoms with Crippen LogP contribution < -0.4 is 16.6 Å². The Balaban J connectivity index is 1.79. The molecule has 1 fully saturated rings. The monoisotopic (exact) mass is 290 g/mol. The second-order valence-electron chi connectivity index (χ2n) is 5.15. The highest BCUT2D eigenvalue weighted by Gasteiger charge is 2.29. The standard InChI is InChI=1S/C12H18N8O/c1-12(3-2-6-21-12)7-15-9-16-10(19-13)18-11(17-9)20-5-4-14-8-20/h4-5,8H,2-3,6-7,13H2,1H3,(H2,15,16,17,18,19). The van der Waals surface area contributed by atoms with Crippen molar-refractivity contribution < 1.29 is 4.74 Å². The maximum Gasteiger partial charge on any atom is 0.243 e. The van der Waals surface area contributed by atoms with Crippen molar-refractivity contribution in [3.8, 4) is 5.95 Å². The number of hydrogen-bond donors (Lipinski definition) is 3. The van der Waals surface area contributed by atoms with E-state index in [1.165, 1.54) is 0 Å². The third kappa shape index (κ3) is 3.09. The summed E-state index contributed by atoms with van der Waals surface area (Å²) in [5.74, 6) is 6.57. The molecule has 1 atom stereocenters. The summed E-state index contributed by atoms with van der Waals surface area (Å²) in [4.78, 5) is 16.7. The molecule has 0 saturated carbocycles. The van der Waals surface area contributed by atoms with Gasteiger partial charge in [0.25, 0.3) is 0 Å². The number of nitrogen functional groups attached to an aromatic ring is 1. The van der Waals surface area contributed by atoms with Crippen molar-refractivity contribution in [2.45, 2.75) is 25.4 Å². The van der Waals surface area contributed by atoms with E-state index in [0.29, 0.717) is 18.4 Å². The van der Waals surface area contributed by atoms with Gasteiger partial charge in [0.15, 0.2) is 0 Å². The molecule has 2 aromatic rings. The van der Waals surface area contributed by atoms with Crippen molar-refractivity contribution in [3.05, 3.63) is 18.7 Å². The molecule has 4 N–H and O–H groups in total. The molecular formula is C12H18N8O. The fraction of sp³-hybridized carbons (Fsp3) is 0.500. The Morgan fingerprint density at radius 3 is 2.90 bits per heavy atom. The second-order valence-corrected chi connectivity index (χ2v) is 5.15. The van der Waals surface area contributed by atoms with Crippen LogP contribution in [0, 0.1) is 0 Å². The van der Waals surface area contributed by atoms with Crippen molar-refractivity contribution in [3.63, 3.8) is 0 Å². The number of nitrogens with two attached hydrogens (primary N) is 1. The van der Waals surface area contributed by atoms with E-state index in [2.05, 4.69) is 37.6 Å². The lowest BCUT2D eigenvalue weighted by atomic mass is 10.0. The summed E-state index contributed by atoms with van der Waals surface area (Å²) in [5, 5.41) is 3.19. The number of anilines is 2. The van der Waals surface area contributed by atoms with Gasteiger partial charge in [-0.1, -0.05) is 0 Å². The smallest absolute Gasteiger partial charge is 0.243 e. The van der Waals surface area contributed by atoms with E-state index >= 15 is 0 Å². The average Bonchev–Trinajstić information content (AvgIpc) is 3.17. The number of aromatic nitrogens is 5. The number of nitrogens with zero attached hydrogens (tertiary/aromatic N) is 5. The minimum Gasteiger partial charge on any atom is -0.373 e. The van der Waals surface area contributed by atoms with Crippen LogP contribution in [-0.4, -0.2) is 43.3 Å².